The van der Waals surface area contributed by atoms with E-state index in [2.05, 4.69) is 10.3 Å². The Hall–Kier alpha value is -2.62. The molecule has 1 heterocycles. The third-order valence-corrected chi connectivity index (χ3v) is 2.98. The number of hydrogen-bond donors (Lipinski definition) is 1. The first-order valence-corrected chi connectivity index (χ1v) is 5.94. The number of carbonyl (C=O) groups is 1. The van der Waals surface area contributed by atoms with Gasteiger partial charge in [-0.25, -0.2) is 4.98 Å². The van der Waals surface area contributed by atoms with Crippen LogP contribution in [0.5, 0.6) is 0 Å². The average molecular weight is 252 g/mol. The van der Waals surface area contributed by atoms with Crippen LogP contribution in [0.3, 0.4) is 0 Å². The molecule has 4 heteroatoms. The van der Waals surface area contributed by atoms with Gasteiger partial charge in [0.05, 0.1) is 0 Å². The van der Waals surface area contributed by atoms with Crippen molar-refractivity contribution in [3.8, 4) is 0 Å². The fourth-order valence-corrected chi connectivity index (χ4v) is 1.96. The van der Waals surface area contributed by atoms with E-state index in [0.717, 1.165) is 11.1 Å². The number of anilines is 1. The van der Waals surface area contributed by atoms with Crippen LogP contribution in [0.4, 0.5) is 5.69 Å². The normalized spacial score (nSPS) is 10.6. The maximum atomic E-state index is 12.2. The minimum Gasteiger partial charge on any atom is -0.443 e. The Kier molecular flexibility index (Phi) is 2.76. The zero-order valence-corrected chi connectivity index (χ0v) is 10.4. The van der Waals surface area contributed by atoms with Gasteiger partial charge in [-0.15, -0.1) is 0 Å². The number of rotatable bonds is 2. The molecule has 19 heavy (non-hydrogen) atoms. The molecule has 0 atom stereocenters. The SMILES string of the molecule is Cc1ccccc1C(=O)Nc1ccc2ocnc2c1. The van der Waals surface area contributed by atoms with Crippen LogP contribution in [0.15, 0.2) is 53.3 Å². The lowest BCUT2D eigenvalue weighted by Gasteiger charge is -2.07. The third-order valence-electron chi connectivity index (χ3n) is 2.98. The Morgan fingerprint density at radius 1 is 1.21 bits per heavy atom. The highest BCUT2D eigenvalue weighted by atomic mass is 16.3. The molecule has 0 aliphatic carbocycles. The van der Waals surface area contributed by atoms with Crippen molar-refractivity contribution in [2.75, 3.05) is 5.32 Å². The van der Waals surface area contributed by atoms with Crippen molar-refractivity contribution in [3.05, 3.63) is 60.0 Å². The Labute approximate surface area is 110 Å². The van der Waals surface area contributed by atoms with Crippen molar-refractivity contribution >= 4 is 22.7 Å². The van der Waals surface area contributed by atoms with E-state index in [-0.39, 0.29) is 5.91 Å². The van der Waals surface area contributed by atoms with Gasteiger partial charge in [0.25, 0.3) is 5.91 Å². The quantitative estimate of drug-likeness (QED) is 0.760. The van der Waals surface area contributed by atoms with Crippen LogP contribution in [0.1, 0.15) is 15.9 Å². The summed E-state index contributed by atoms with van der Waals surface area (Å²) in [5.41, 5.74) is 3.75. The van der Waals surface area contributed by atoms with Crippen LogP contribution in [0.25, 0.3) is 11.1 Å². The lowest BCUT2D eigenvalue weighted by molar-refractivity contribution is 0.102. The summed E-state index contributed by atoms with van der Waals surface area (Å²) in [6.07, 6.45) is 1.39. The van der Waals surface area contributed by atoms with Crippen molar-refractivity contribution in [1.29, 1.82) is 0 Å². The van der Waals surface area contributed by atoms with Gasteiger partial charge in [0.15, 0.2) is 12.0 Å². The molecule has 1 aromatic heterocycles. The molecule has 2 aromatic carbocycles. The molecule has 0 unspecified atom stereocenters. The molecule has 0 saturated heterocycles. The highest BCUT2D eigenvalue weighted by molar-refractivity contribution is 6.05. The molecule has 0 spiro atoms. The third kappa shape index (κ3) is 2.20. The fourth-order valence-electron chi connectivity index (χ4n) is 1.96. The van der Waals surface area contributed by atoms with Gasteiger partial charge >= 0.3 is 0 Å². The van der Waals surface area contributed by atoms with Gasteiger partial charge in [-0.2, -0.15) is 0 Å². The van der Waals surface area contributed by atoms with Crippen molar-refractivity contribution < 1.29 is 9.21 Å². The Balaban J connectivity index is 1.88. The van der Waals surface area contributed by atoms with E-state index in [9.17, 15) is 4.79 Å². The lowest BCUT2D eigenvalue weighted by Crippen LogP contribution is -2.13. The number of oxazole rings is 1. The number of aryl methyl sites for hydroxylation is 1. The molecular weight excluding hydrogens is 240 g/mol. The summed E-state index contributed by atoms with van der Waals surface area (Å²) < 4.78 is 5.16. The summed E-state index contributed by atoms with van der Waals surface area (Å²) in [5.74, 6) is -0.124. The average Bonchev–Trinajstić information content (AvgIpc) is 2.86. The maximum Gasteiger partial charge on any atom is 0.255 e. The predicted molar refractivity (Wildman–Crippen MR) is 73.1 cm³/mol. The van der Waals surface area contributed by atoms with E-state index >= 15 is 0 Å². The maximum absolute atomic E-state index is 12.2. The molecule has 0 saturated carbocycles. The van der Waals surface area contributed by atoms with Gasteiger partial charge in [0, 0.05) is 11.3 Å². The van der Waals surface area contributed by atoms with Gasteiger partial charge in [-0.1, -0.05) is 18.2 Å². The minimum atomic E-state index is -0.124. The van der Waals surface area contributed by atoms with Gasteiger partial charge in [-0.05, 0) is 36.8 Å². The van der Waals surface area contributed by atoms with Crippen LogP contribution in [-0.4, -0.2) is 10.9 Å². The van der Waals surface area contributed by atoms with E-state index in [1.165, 1.54) is 6.39 Å². The molecule has 0 radical (unpaired) electrons. The second kappa shape index (κ2) is 4.57. The van der Waals surface area contributed by atoms with Gasteiger partial charge in [-0.3, -0.25) is 4.79 Å². The molecule has 3 aromatic rings. The second-order valence-corrected chi connectivity index (χ2v) is 4.30. The van der Waals surface area contributed by atoms with Gasteiger partial charge in [0.1, 0.15) is 5.52 Å². The van der Waals surface area contributed by atoms with Gasteiger partial charge in [0.2, 0.25) is 0 Å². The number of nitrogens with one attached hydrogen (secondary N) is 1. The zero-order valence-electron chi connectivity index (χ0n) is 10.4. The summed E-state index contributed by atoms with van der Waals surface area (Å²) in [4.78, 5) is 16.2. The van der Waals surface area contributed by atoms with Crippen LogP contribution in [0.2, 0.25) is 0 Å². The molecule has 1 amide bonds. The summed E-state index contributed by atoms with van der Waals surface area (Å²) in [5, 5.41) is 2.86. The van der Waals surface area contributed by atoms with Crippen molar-refractivity contribution in [2.24, 2.45) is 0 Å². The number of carbonyl (C=O) groups excluding carboxylic acids is 1. The minimum absolute atomic E-state index is 0.124. The zero-order chi connectivity index (χ0) is 13.2. The molecule has 0 aliphatic heterocycles. The molecule has 0 bridgehead atoms. The number of hydrogen-bond acceptors (Lipinski definition) is 3. The molecule has 0 aliphatic rings. The van der Waals surface area contributed by atoms with Crippen LogP contribution in [0, 0.1) is 6.92 Å². The summed E-state index contributed by atoms with van der Waals surface area (Å²) in [6, 6.07) is 12.8. The monoisotopic (exact) mass is 252 g/mol. The standard InChI is InChI=1S/C15H12N2O2/c1-10-4-2-3-5-12(10)15(18)17-11-6-7-14-13(8-11)16-9-19-14/h2-9H,1H3,(H,17,18). The largest absolute Gasteiger partial charge is 0.443 e. The highest BCUT2D eigenvalue weighted by Crippen LogP contribution is 2.18. The first-order chi connectivity index (χ1) is 9.24. The molecule has 3 rings (SSSR count). The summed E-state index contributed by atoms with van der Waals surface area (Å²) in [6.45, 7) is 1.91. The second-order valence-electron chi connectivity index (χ2n) is 4.30. The fraction of sp³-hybridized carbons (Fsp3) is 0.0667. The topological polar surface area (TPSA) is 55.1 Å². The molecule has 94 valence electrons. The van der Waals surface area contributed by atoms with Gasteiger partial charge < -0.3 is 9.73 Å². The van der Waals surface area contributed by atoms with E-state index in [4.69, 9.17) is 4.42 Å². The number of nitrogens with zero attached hydrogens (tertiary/aromatic N) is 1. The highest BCUT2D eigenvalue weighted by Gasteiger charge is 2.09. The number of fused-ring (bicyclic) bond motifs is 1. The Morgan fingerprint density at radius 3 is 2.89 bits per heavy atom. The van der Waals surface area contributed by atoms with E-state index in [1.807, 2.05) is 25.1 Å². The predicted octanol–water partition coefficient (Wildman–Crippen LogP) is 3.39. The van der Waals surface area contributed by atoms with Crippen molar-refractivity contribution in [1.82, 2.24) is 4.98 Å². The van der Waals surface area contributed by atoms with E-state index < -0.39 is 0 Å². The Morgan fingerprint density at radius 2 is 2.05 bits per heavy atom. The first kappa shape index (κ1) is 11.5. The lowest BCUT2D eigenvalue weighted by atomic mass is 10.1. The van der Waals surface area contributed by atoms with Crippen LogP contribution < -0.4 is 5.32 Å². The summed E-state index contributed by atoms with van der Waals surface area (Å²) in [7, 11) is 0. The van der Waals surface area contributed by atoms with Crippen molar-refractivity contribution in [3.63, 3.8) is 0 Å². The summed E-state index contributed by atoms with van der Waals surface area (Å²) >= 11 is 0. The number of amides is 1. The van der Waals surface area contributed by atoms with E-state index in [1.54, 1.807) is 24.3 Å². The Bertz CT molecular complexity index is 746. The molecule has 0 fully saturated rings. The van der Waals surface area contributed by atoms with Crippen LogP contribution in [-0.2, 0) is 0 Å². The first-order valence-electron chi connectivity index (χ1n) is 5.94. The molecule has 1 N–H and O–H groups in total. The molecule has 4 nitrogen and oxygen atoms in total. The van der Waals surface area contributed by atoms with Crippen molar-refractivity contribution in [2.45, 2.75) is 6.92 Å². The smallest absolute Gasteiger partial charge is 0.255 e. The number of benzene rings is 2. The molecular formula is C15H12N2O2. The van der Waals surface area contributed by atoms with E-state index in [0.29, 0.717) is 16.8 Å². The van der Waals surface area contributed by atoms with Crippen LogP contribution >= 0.6 is 0 Å². The number of aromatic nitrogens is 1.